The van der Waals surface area contributed by atoms with Gasteiger partial charge in [0.05, 0.1) is 12.2 Å². The van der Waals surface area contributed by atoms with Crippen LogP contribution >= 0.6 is 0 Å². The number of likely N-dealkylation sites (tertiary alicyclic amines) is 1. The second-order valence-corrected chi connectivity index (χ2v) is 7.32. The summed E-state index contributed by atoms with van der Waals surface area (Å²) in [5.41, 5.74) is 0.892. The van der Waals surface area contributed by atoms with Gasteiger partial charge in [0.1, 0.15) is 0 Å². The van der Waals surface area contributed by atoms with E-state index in [0.717, 1.165) is 45.0 Å². The first-order valence-corrected chi connectivity index (χ1v) is 9.54. The largest absolute Gasteiger partial charge is 0.332 e. The van der Waals surface area contributed by atoms with Crippen LogP contribution in [0.25, 0.3) is 0 Å². The summed E-state index contributed by atoms with van der Waals surface area (Å²) in [5, 5.41) is 2.97. The van der Waals surface area contributed by atoms with E-state index in [1.807, 2.05) is 23.1 Å². The zero-order valence-electron chi connectivity index (χ0n) is 15.5. The quantitative estimate of drug-likeness (QED) is 0.884. The predicted molar refractivity (Wildman–Crippen MR) is 99.3 cm³/mol. The number of nitrogens with one attached hydrogen (secondary N) is 1. The molecule has 0 aromatic carbocycles. The summed E-state index contributed by atoms with van der Waals surface area (Å²) in [6.45, 7) is 11.0. The van der Waals surface area contributed by atoms with Crippen LogP contribution in [0.1, 0.15) is 32.4 Å². The van der Waals surface area contributed by atoms with Crippen LogP contribution < -0.4 is 5.32 Å². The lowest BCUT2D eigenvalue weighted by Gasteiger charge is -2.36. The number of urea groups is 1. The summed E-state index contributed by atoms with van der Waals surface area (Å²) in [4.78, 5) is 23.6. The molecule has 2 amide bonds. The molecule has 1 N–H and O–H groups in total. The van der Waals surface area contributed by atoms with E-state index in [9.17, 15) is 4.79 Å². The molecule has 6 nitrogen and oxygen atoms in total. The van der Waals surface area contributed by atoms with Gasteiger partial charge in [0.25, 0.3) is 0 Å². The molecule has 0 bridgehead atoms. The second-order valence-electron chi connectivity index (χ2n) is 7.32. The number of carbonyl (C=O) groups excluding carboxylic acids is 1. The Morgan fingerprint density at radius 1 is 1.12 bits per heavy atom. The third-order valence-corrected chi connectivity index (χ3v) is 5.62. The van der Waals surface area contributed by atoms with Crippen molar-refractivity contribution in [3.05, 3.63) is 30.1 Å². The number of pyridine rings is 1. The van der Waals surface area contributed by atoms with Crippen molar-refractivity contribution in [2.24, 2.45) is 0 Å². The SMILES string of the molecule is CC1CCC(C)N1CCN1CCN(C(=O)NCc2ccccn2)CC1. The second kappa shape index (κ2) is 8.63. The molecule has 0 spiro atoms. The van der Waals surface area contributed by atoms with Crippen molar-refractivity contribution < 1.29 is 4.79 Å². The number of aromatic nitrogens is 1. The van der Waals surface area contributed by atoms with Crippen molar-refractivity contribution in [3.8, 4) is 0 Å². The molecule has 0 saturated carbocycles. The fourth-order valence-corrected chi connectivity index (χ4v) is 3.90. The topological polar surface area (TPSA) is 51.7 Å². The highest BCUT2D eigenvalue weighted by atomic mass is 16.2. The number of nitrogens with zero attached hydrogens (tertiary/aromatic N) is 4. The van der Waals surface area contributed by atoms with Gasteiger partial charge in [-0.05, 0) is 38.8 Å². The van der Waals surface area contributed by atoms with Gasteiger partial charge in [-0.3, -0.25) is 14.8 Å². The number of rotatable bonds is 5. The third-order valence-electron chi connectivity index (χ3n) is 5.62. The molecule has 2 atom stereocenters. The maximum Gasteiger partial charge on any atom is 0.317 e. The maximum atomic E-state index is 12.3. The lowest BCUT2D eigenvalue weighted by molar-refractivity contribution is 0.118. The molecule has 3 heterocycles. The first-order valence-electron chi connectivity index (χ1n) is 9.54. The zero-order valence-corrected chi connectivity index (χ0v) is 15.5. The van der Waals surface area contributed by atoms with Crippen LogP contribution in [0.5, 0.6) is 0 Å². The van der Waals surface area contributed by atoms with Crippen molar-refractivity contribution in [3.63, 3.8) is 0 Å². The summed E-state index contributed by atoms with van der Waals surface area (Å²) in [6.07, 6.45) is 4.40. The predicted octanol–water partition coefficient (Wildman–Crippen LogP) is 1.78. The molecule has 2 saturated heterocycles. The molecule has 0 aliphatic carbocycles. The van der Waals surface area contributed by atoms with Gasteiger partial charge >= 0.3 is 6.03 Å². The Labute approximate surface area is 151 Å². The van der Waals surface area contributed by atoms with Crippen molar-refractivity contribution >= 4 is 6.03 Å². The Hall–Kier alpha value is -1.66. The highest BCUT2D eigenvalue weighted by Crippen LogP contribution is 2.22. The van der Waals surface area contributed by atoms with Gasteiger partial charge < -0.3 is 10.2 Å². The highest BCUT2D eigenvalue weighted by Gasteiger charge is 2.28. The van der Waals surface area contributed by atoms with Crippen molar-refractivity contribution in [1.82, 2.24) is 25.0 Å². The van der Waals surface area contributed by atoms with E-state index in [4.69, 9.17) is 0 Å². The van der Waals surface area contributed by atoms with Gasteiger partial charge in [0.15, 0.2) is 0 Å². The molecule has 2 unspecified atom stereocenters. The highest BCUT2D eigenvalue weighted by molar-refractivity contribution is 5.74. The van der Waals surface area contributed by atoms with Gasteiger partial charge in [-0.15, -0.1) is 0 Å². The number of amides is 2. The fourth-order valence-electron chi connectivity index (χ4n) is 3.90. The molecule has 1 aromatic rings. The summed E-state index contributed by atoms with van der Waals surface area (Å²) in [7, 11) is 0. The molecule has 1 aromatic heterocycles. The first kappa shape index (κ1) is 18.1. The summed E-state index contributed by atoms with van der Waals surface area (Å²) < 4.78 is 0. The average molecular weight is 345 g/mol. The molecule has 2 aliphatic rings. The monoisotopic (exact) mass is 345 g/mol. The van der Waals surface area contributed by atoms with Gasteiger partial charge in [0.2, 0.25) is 0 Å². The van der Waals surface area contributed by atoms with Crippen LogP contribution in [0, 0.1) is 0 Å². The molecule has 0 radical (unpaired) electrons. The molecule has 3 rings (SSSR count). The Balaban J connectivity index is 1.36. The van der Waals surface area contributed by atoms with E-state index in [-0.39, 0.29) is 6.03 Å². The Morgan fingerprint density at radius 2 is 1.84 bits per heavy atom. The first-order chi connectivity index (χ1) is 12.1. The standard InChI is InChI=1S/C19H31N5O/c1-16-6-7-17(2)24(16)14-11-22-9-12-23(13-10-22)19(25)21-15-18-5-3-4-8-20-18/h3-5,8,16-17H,6-7,9-15H2,1-2H3,(H,21,25). The third kappa shape index (κ3) is 4.92. The molecular formula is C19H31N5O. The normalized spacial score (nSPS) is 25.3. The van der Waals surface area contributed by atoms with Gasteiger partial charge in [-0.1, -0.05) is 6.07 Å². The molecule has 25 heavy (non-hydrogen) atoms. The van der Waals surface area contributed by atoms with Crippen LogP contribution in [-0.2, 0) is 6.54 Å². The van der Waals surface area contributed by atoms with Gasteiger partial charge in [-0.2, -0.15) is 0 Å². The lowest BCUT2D eigenvalue weighted by Crippen LogP contribution is -2.53. The minimum absolute atomic E-state index is 0.0205. The Morgan fingerprint density at radius 3 is 2.48 bits per heavy atom. The lowest BCUT2D eigenvalue weighted by atomic mass is 10.2. The van der Waals surface area contributed by atoms with Crippen LogP contribution in [-0.4, -0.2) is 77.1 Å². The fraction of sp³-hybridized carbons (Fsp3) is 0.684. The molecule has 2 aliphatic heterocycles. The van der Waals surface area contributed by atoms with Crippen LogP contribution in [0.2, 0.25) is 0 Å². The molecule has 6 heteroatoms. The summed E-state index contributed by atoms with van der Waals surface area (Å²) >= 11 is 0. The van der Waals surface area contributed by atoms with E-state index in [1.54, 1.807) is 6.20 Å². The Kier molecular flexibility index (Phi) is 6.26. The van der Waals surface area contributed by atoms with Crippen LogP contribution in [0.3, 0.4) is 0 Å². The van der Waals surface area contributed by atoms with Crippen LogP contribution in [0.4, 0.5) is 4.79 Å². The maximum absolute atomic E-state index is 12.3. The molecule has 2 fully saturated rings. The van der Waals surface area contributed by atoms with Gasteiger partial charge in [0, 0.05) is 57.5 Å². The van der Waals surface area contributed by atoms with E-state index in [2.05, 4.69) is 33.9 Å². The van der Waals surface area contributed by atoms with Gasteiger partial charge in [-0.25, -0.2) is 4.79 Å². The van der Waals surface area contributed by atoms with Crippen LogP contribution in [0.15, 0.2) is 24.4 Å². The Bertz CT molecular complexity index is 534. The smallest absolute Gasteiger partial charge is 0.317 e. The number of hydrogen-bond acceptors (Lipinski definition) is 4. The minimum atomic E-state index is 0.0205. The van der Waals surface area contributed by atoms with E-state index in [0.29, 0.717) is 18.6 Å². The number of carbonyl (C=O) groups is 1. The summed E-state index contributed by atoms with van der Waals surface area (Å²) in [6, 6.07) is 7.21. The van der Waals surface area contributed by atoms with E-state index in [1.165, 1.54) is 12.8 Å². The number of piperazine rings is 1. The van der Waals surface area contributed by atoms with E-state index >= 15 is 0 Å². The van der Waals surface area contributed by atoms with E-state index < -0.39 is 0 Å². The van der Waals surface area contributed by atoms with Crippen molar-refractivity contribution in [1.29, 1.82) is 0 Å². The molecular weight excluding hydrogens is 314 g/mol. The van der Waals surface area contributed by atoms with Crippen molar-refractivity contribution in [2.75, 3.05) is 39.3 Å². The molecule has 138 valence electrons. The average Bonchev–Trinajstić information content (AvgIpc) is 2.97. The number of hydrogen-bond donors (Lipinski definition) is 1. The summed E-state index contributed by atoms with van der Waals surface area (Å²) in [5.74, 6) is 0. The minimum Gasteiger partial charge on any atom is -0.332 e. The van der Waals surface area contributed by atoms with Crippen molar-refractivity contribution in [2.45, 2.75) is 45.3 Å². The zero-order chi connectivity index (χ0) is 17.6.